The lowest BCUT2D eigenvalue weighted by Crippen LogP contribution is -2.53. The first kappa shape index (κ1) is 19.2. The number of anilines is 1. The average Bonchev–Trinajstić information content (AvgIpc) is 3.13. The van der Waals surface area contributed by atoms with Crippen molar-refractivity contribution in [1.29, 1.82) is 0 Å². The SMILES string of the molecule is COc1ccccc1N1CCN([C@H]2CN(CCc3ccccc3)C[C@@H]2O)CC1. The summed E-state index contributed by atoms with van der Waals surface area (Å²) in [5.41, 5.74) is 2.53. The summed E-state index contributed by atoms with van der Waals surface area (Å²) in [7, 11) is 1.73. The zero-order valence-corrected chi connectivity index (χ0v) is 16.7. The monoisotopic (exact) mass is 381 g/mol. The quantitative estimate of drug-likeness (QED) is 0.830. The van der Waals surface area contributed by atoms with E-state index in [4.69, 9.17) is 4.74 Å². The van der Waals surface area contributed by atoms with Crippen LogP contribution in [0.4, 0.5) is 5.69 Å². The number of hydrogen-bond acceptors (Lipinski definition) is 5. The molecule has 0 amide bonds. The lowest BCUT2D eigenvalue weighted by atomic mass is 10.1. The molecule has 0 saturated carbocycles. The van der Waals surface area contributed by atoms with Crippen LogP contribution >= 0.6 is 0 Å². The Kier molecular flexibility index (Phi) is 6.15. The van der Waals surface area contributed by atoms with Crippen LogP contribution < -0.4 is 9.64 Å². The summed E-state index contributed by atoms with van der Waals surface area (Å²) >= 11 is 0. The minimum Gasteiger partial charge on any atom is -0.495 e. The Labute approximate surface area is 168 Å². The number of rotatable bonds is 6. The van der Waals surface area contributed by atoms with Gasteiger partial charge in [0.05, 0.1) is 18.9 Å². The van der Waals surface area contributed by atoms with Crippen LogP contribution in [0.5, 0.6) is 5.75 Å². The first-order valence-electron chi connectivity index (χ1n) is 10.3. The van der Waals surface area contributed by atoms with Gasteiger partial charge < -0.3 is 14.7 Å². The first-order valence-corrected chi connectivity index (χ1v) is 10.3. The molecule has 0 radical (unpaired) electrons. The van der Waals surface area contributed by atoms with Gasteiger partial charge >= 0.3 is 0 Å². The van der Waals surface area contributed by atoms with Crippen molar-refractivity contribution in [1.82, 2.24) is 9.80 Å². The van der Waals surface area contributed by atoms with Gasteiger partial charge in [0.2, 0.25) is 0 Å². The highest BCUT2D eigenvalue weighted by molar-refractivity contribution is 5.58. The standard InChI is InChI=1S/C23H31N3O2/c1-28-23-10-6-5-9-20(23)25-13-15-26(16-14-25)21-17-24(18-22(21)27)12-11-19-7-3-2-4-8-19/h2-10,21-22,27H,11-18H2,1H3/t21-,22-/m0/s1. The molecule has 2 aromatic carbocycles. The second-order valence-electron chi connectivity index (χ2n) is 7.82. The average molecular weight is 382 g/mol. The number of benzene rings is 2. The summed E-state index contributed by atoms with van der Waals surface area (Å²) < 4.78 is 5.52. The summed E-state index contributed by atoms with van der Waals surface area (Å²) in [6, 6.07) is 19.1. The summed E-state index contributed by atoms with van der Waals surface area (Å²) in [4.78, 5) is 7.28. The van der Waals surface area contributed by atoms with E-state index in [-0.39, 0.29) is 12.1 Å². The number of para-hydroxylation sites is 2. The van der Waals surface area contributed by atoms with Crippen molar-refractivity contribution in [3.63, 3.8) is 0 Å². The second kappa shape index (κ2) is 8.95. The number of aliphatic hydroxyl groups excluding tert-OH is 1. The second-order valence-corrected chi connectivity index (χ2v) is 7.82. The number of aliphatic hydroxyl groups is 1. The maximum Gasteiger partial charge on any atom is 0.142 e. The molecule has 0 aromatic heterocycles. The van der Waals surface area contributed by atoms with Gasteiger partial charge in [0.1, 0.15) is 5.75 Å². The highest BCUT2D eigenvalue weighted by Gasteiger charge is 2.36. The fourth-order valence-electron chi connectivity index (χ4n) is 4.51. The molecule has 0 aliphatic carbocycles. The predicted octanol–water partition coefficient (Wildman–Crippen LogP) is 2.11. The van der Waals surface area contributed by atoms with Crippen molar-refractivity contribution in [2.45, 2.75) is 18.6 Å². The molecule has 0 bridgehead atoms. The third kappa shape index (κ3) is 4.32. The number of nitrogens with zero attached hydrogens (tertiary/aromatic N) is 3. The molecule has 5 nitrogen and oxygen atoms in total. The van der Waals surface area contributed by atoms with Crippen LogP contribution in [0.3, 0.4) is 0 Å². The number of hydrogen-bond donors (Lipinski definition) is 1. The van der Waals surface area contributed by atoms with Gasteiger partial charge in [-0.1, -0.05) is 42.5 Å². The molecule has 2 fully saturated rings. The smallest absolute Gasteiger partial charge is 0.142 e. The molecule has 28 heavy (non-hydrogen) atoms. The van der Waals surface area contributed by atoms with Crippen LogP contribution in [0.1, 0.15) is 5.56 Å². The van der Waals surface area contributed by atoms with Crippen molar-refractivity contribution in [3.05, 3.63) is 60.2 Å². The first-order chi connectivity index (χ1) is 13.7. The Bertz CT molecular complexity index is 747. The van der Waals surface area contributed by atoms with Crippen molar-refractivity contribution < 1.29 is 9.84 Å². The number of piperazine rings is 1. The van der Waals surface area contributed by atoms with Gasteiger partial charge in [0.25, 0.3) is 0 Å². The van der Waals surface area contributed by atoms with E-state index in [2.05, 4.69) is 57.2 Å². The van der Waals surface area contributed by atoms with Crippen LogP contribution in [0.15, 0.2) is 54.6 Å². The maximum absolute atomic E-state index is 10.7. The molecule has 2 atom stereocenters. The lowest BCUT2D eigenvalue weighted by Gasteiger charge is -2.40. The van der Waals surface area contributed by atoms with Gasteiger partial charge in [-0.25, -0.2) is 0 Å². The van der Waals surface area contributed by atoms with Crippen molar-refractivity contribution >= 4 is 5.69 Å². The molecule has 0 unspecified atom stereocenters. The highest BCUT2D eigenvalue weighted by atomic mass is 16.5. The van der Waals surface area contributed by atoms with Crippen LogP contribution in [0.25, 0.3) is 0 Å². The summed E-state index contributed by atoms with van der Waals surface area (Å²) in [5, 5.41) is 10.7. The van der Waals surface area contributed by atoms with E-state index < -0.39 is 0 Å². The molecule has 2 heterocycles. The summed E-state index contributed by atoms with van der Waals surface area (Å²) in [5.74, 6) is 0.934. The van der Waals surface area contributed by atoms with Gasteiger partial charge in [-0.15, -0.1) is 0 Å². The fraction of sp³-hybridized carbons (Fsp3) is 0.478. The van der Waals surface area contributed by atoms with Crippen molar-refractivity contribution in [2.75, 3.05) is 57.8 Å². The molecule has 2 saturated heterocycles. The van der Waals surface area contributed by atoms with Crippen LogP contribution in [-0.2, 0) is 6.42 Å². The zero-order valence-electron chi connectivity index (χ0n) is 16.7. The normalized spacial score (nSPS) is 23.9. The van der Waals surface area contributed by atoms with Gasteiger partial charge in [-0.05, 0) is 24.1 Å². The van der Waals surface area contributed by atoms with E-state index in [1.165, 1.54) is 11.3 Å². The highest BCUT2D eigenvalue weighted by Crippen LogP contribution is 2.29. The number of likely N-dealkylation sites (tertiary alicyclic amines) is 1. The van der Waals surface area contributed by atoms with Crippen molar-refractivity contribution in [3.8, 4) is 5.75 Å². The largest absolute Gasteiger partial charge is 0.495 e. The molecule has 2 aliphatic heterocycles. The predicted molar refractivity (Wildman–Crippen MR) is 113 cm³/mol. The number of β-amino-alcohol motifs (C(OH)–C–C–N with tert-alkyl or cyclic N) is 1. The third-order valence-electron chi connectivity index (χ3n) is 6.10. The third-order valence-corrected chi connectivity index (χ3v) is 6.10. The van der Waals surface area contributed by atoms with E-state index in [0.717, 1.165) is 58.0 Å². The molecule has 4 rings (SSSR count). The topological polar surface area (TPSA) is 39.2 Å². The van der Waals surface area contributed by atoms with Crippen LogP contribution in [0, 0.1) is 0 Å². The summed E-state index contributed by atoms with van der Waals surface area (Å²) in [6.07, 6.45) is 0.788. The zero-order chi connectivity index (χ0) is 19.3. The minimum atomic E-state index is -0.256. The minimum absolute atomic E-state index is 0.246. The van der Waals surface area contributed by atoms with E-state index >= 15 is 0 Å². The van der Waals surface area contributed by atoms with Crippen LogP contribution in [-0.4, -0.2) is 80.0 Å². The lowest BCUT2D eigenvalue weighted by molar-refractivity contribution is 0.0790. The molecule has 2 aromatic rings. The molecule has 2 aliphatic rings. The molecular formula is C23H31N3O2. The van der Waals surface area contributed by atoms with Gasteiger partial charge in [-0.2, -0.15) is 0 Å². The fourth-order valence-corrected chi connectivity index (χ4v) is 4.51. The Hall–Kier alpha value is -2.08. The maximum atomic E-state index is 10.7. The molecule has 5 heteroatoms. The van der Waals surface area contributed by atoms with E-state index in [1.54, 1.807) is 7.11 Å². The molecule has 0 spiro atoms. The van der Waals surface area contributed by atoms with Gasteiger partial charge in [0.15, 0.2) is 0 Å². The molecular weight excluding hydrogens is 350 g/mol. The Balaban J connectivity index is 1.29. The summed E-state index contributed by atoms with van der Waals surface area (Å²) in [6.45, 7) is 6.64. The van der Waals surface area contributed by atoms with E-state index in [1.807, 2.05) is 12.1 Å². The Morgan fingerprint density at radius 3 is 2.39 bits per heavy atom. The van der Waals surface area contributed by atoms with Crippen molar-refractivity contribution in [2.24, 2.45) is 0 Å². The van der Waals surface area contributed by atoms with Gasteiger partial charge in [0, 0.05) is 51.9 Å². The molecule has 150 valence electrons. The number of ether oxygens (including phenoxy) is 1. The molecule has 1 N–H and O–H groups in total. The van der Waals surface area contributed by atoms with Gasteiger partial charge in [-0.3, -0.25) is 9.80 Å². The van der Waals surface area contributed by atoms with E-state index in [0.29, 0.717) is 0 Å². The van der Waals surface area contributed by atoms with E-state index in [9.17, 15) is 5.11 Å². The Morgan fingerprint density at radius 1 is 0.929 bits per heavy atom. The number of methoxy groups -OCH3 is 1. The van der Waals surface area contributed by atoms with Crippen LogP contribution in [0.2, 0.25) is 0 Å². The Morgan fingerprint density at radius 2 is 1.64 bits per heavy atom.